The number of hydrogen-bond donors (Lipinski definition) is 2. The minimum atomic E-state index is -0.274. The van der Waals surface area contributed by atoms with Crippen LogP contribution in [0.25, 0.3) is 11.5 Å². The molecule has 3 aromatic rings. The molecule has 0 unspecified atom stereocenters. The molecule has 1 fully saturated rings. The Labute approximate surface area is 163 Å². The number of piperidine rings is 1. The number of carbonyl (C=O) groups is 1. The van der Waals surface area contributed by atoms with Gasteiger partial charge >= 0.3 is 0 Å². The summed E-state index contributed by atoms with van der Waals surface area (Å²) in [4.78, 5) is 15.2. The Bertz CT molecular complexity index is 940. The van der Waals surface area contributed by atoms with Crippen LogP contribution in [0.1, 0.15) is 34.5 Å². The molecule has 0 bridgehead atoms. The first-order valence-electron chi connectivity index (χ1n) is 9.49. The number of nitrogens with two attached hydrogens (primary N) is 1. The van der Waals surface area contributed by atoms with Crippen LogP contribution < -0.4 is 11.1 Å². The summed E-state index contributed by atoms with van der Waals surface area (Å²) >= 11 is 0. The molecule has 0 spiro atoms. The van der Waals surface area contributed by atoms with Crippen LogP contribution >= 0.6 is 0 Å². The summed E-state index contributed by atoms with van der Waals surface area (Å²) in [6, 6.07) is 14.1. The molecular weight excluding hydrogens is 356 g/mol. The van der Waals surface area contributed by atoms with Crippen LogP contribution in [0.5, 0.6) is 0 Å². The number of nitrogens with zero attached hydrogens (tertiary/aromatic N) is 2. The number of furan rings is 1. The molecule has 1 aromatic carbocycles. The van der Waals surface area contributed by atoms with Crippen molar-refractivity contribution in [2.45, 2.75) is 32.4 Å². The second kappa shape index (κ2) is 7.90. The molecular formula is C21H24N4O3. The molecule has 3 heterocycles. The van der Waals surface area contributed by atoms with E-state index in [4.69, 9.17) is 14.7 Å². The molecule has 2 aromatic heterocycles. The summed E-state index contributed by atoms with van der Waals surface area (Å²) < 4.78 is 10.6. The van der Waals surface area contributed by atoms with Crippen molar-refractivity contribution in [2.75, 3.05) is 18.8 Å². The van der Waals surface area contributed by atoms with Gasteiger partial charge in [-0.2, -0.15) is 0 Å². The van der Waals surface area contributed by atoms with Crippen LogP contribution in [0.3, 0.4) is 0 Å². The molecule has 28 heavy (non-hydrogen) atoms. The van der Waals surface area contributed by atoms with Gasteiger partial charge in [0, 0.05) is 25.7 Å². The van der Waals surface area contributed by atoms with Crippen LogP contribution in [0.2, 0.25) is 0 Å². The van der Waals surface area contributed by atoms with Gasteiger partial charge in [-0.25, -0.2) is 0 Å². The van der Waals surface area contributed by atoms with E-state index in [1.807, 2.05) is 19.1 Å². The van der Waals surface area contributed by atoms with Gasteiger partial charge < -0.3 is 20.0 Å². The lowest BCUT2D eigenvalue weighted by Gasteiger charge is -2.32. The lowest BCUT2D eigenvalue weighted by atomic mass is 10.0. The zero-order valence-electron chi connectivity index (χ0n) is 15.9. The van der Waals surface area contributed by atoms with Crippen molar-refractivity contribution in [2.24, 2.45) is 0 Å². The van der Waals surface area contributed by atoms with E-state index in [1.165, 1.54) is 5.56 Å². The fraction of sp³-hybridized carbons (Fsp3) is 0.333. The van der Waals surface area contributed by atoms with Gasteiger partial charge in [-0.1, -0.05) is 35.5 Å². The van der Waals surface area contributed by atoms with Crippen LogP contribution in [-0.2, 0) is 6.54 Å². The van der Waals surface area contributed by atoms with Gasteiger partial charge in [0.05, 0.1) is 0 Å². The van der Waals surface area contributed by atoms with E-state index in [9.17, 15) is 4.79 Å². The number of aryl methyl sites for hydroxylation is 1. The maximum absolute atomic E-state index is 12.8. The fourth-order valence-electron chi connectivity index (χ4n) is 3.59. The number of likely N-dealkylation sites (tertiary alicyclic amines) is 1. The van der Waals surface area contributed by atoms with Gasteiger partial charge in [0.15, 0.2) is 11.5 Å². The van der Waals surface area contributed by atoms with Gasteiger partial charge in [0.2, 0.25) is 5.88 Å². The quantitative estimate of drug-likeness (QED) is 0.705. The first-order chi connectivity index (χ1) is 13.6. The monoisotopic (exact) mass is 380 g/mol. The fourth-order valence-corrected chi connectivity index (χ4v) is 3.59. The molecule has 7 heteroatoms. The first-order valence-corrected chi connectivity index (χ1v) is 9.49. The van der Waals surface area contributed by atoms with Gasteiger partial charge in [-0.15, -0.1) is 0 Å². The number of amides is 1. The molecule has 0 radical (unpaired) electrons. The van der Waals surface area contributed by atoms with E-state index in [0.717, 1.165) is 38.2 Å². The Morgan fingerprint density at radius 2 is 1.96 bits per heavy atom. The molecule has 0 saturated carbocycles. The van der Waals surface area contributed by atoms with Crippen LogP contribution in [0.4, 0.5) is 5.88 Å². The molecule has 4 rings (SSSR count). The maximum Gasteiger partial charge on any atom is 0.259 e. The highest BCUT2D eigenvalue weighted by atomic mass is 16.5. The van der Waals surface area contributed by atoms with Crippen molar-refractivity contribution in [3.8, 4) is 11.5 Å². The Hall–Kier alpha value is -3.06. The van der Waals surface area contributed by atoms with E-state index in [1.54, 1.807) is 6.07 Å². The third-order valence-electron chi connectivity index (χ3n) is 5.09. The van der Waals surface area contributed by atoms with Gasteiger partial charge in [0.25, 0.3) is 5.91 Å². The second-order valence-corrected chi connectivity index (χ2v) is 7.19. The SMILES string of the molecule is Cc1ccc(-c2noc(N)c2C(=O)NC2CCN(Cc3ccccc3)CC2)o1. The summed E-state index contributed by atoms with van der Waals surface area (Å²) in [5.41, 5.74) is 7.74. The van der Waals surface area contributed by atoms with Gasteiger partial charge in [-0.3, -0.25) is 9.69 Å². The van der Waals surface area contributed by atoms with E-state index >= 15 is 0 Å². The zero-order chi connectivity index (χ0) is 19.5. The number of nitrogen functional groups attached to an aromatic ring is 1. The van der Waals surface area contributed by atoms with E-state index < -0.39 is 0 Å². The number of anilines is 1. The molecule has 0 aliphatic carbocycles. The van der Waals surface area contributed by atoms with E-state index in [-0.39, 0.29) is 23.4 Å². The highest BCUT2D eigenvalue weighted by Gasteiger charge is 2.27. The normalized spacial score (nSPS) is 15.6. The highest BCUT2D eigenvalue weighted by Crippen LogP contribution is 2.29. The number of aromatic nitrogens is 1. The molecule has 1 amide bonds. The van der Waals surface area contributed by atoms with E-state index in [2.05, 4.69) is 39.6 Å². The largest absolute Gasteiger partial charge is 0.460 e. The molecule has 1 aliphatic heterocycles. The minimum Gasteiger partial charge on any atom is -0.460 e. The smallest absolute Gasteiger partial charge is 0.259 e. The zero-order valence-corrected chi connectivity index (χ0v) is 15.9. The Kier molecular flexibility index (Phi) is 5.16. The molecule has 1 aliphatic rings. The van der Waals surface area contributed by atoms with Crippen LogP contribution in [0.15, 0.2) is 51.4 Å². The summed E-state index contributed by atoms with van der Waals surface area (Å²) in [5, 5.41) is 6.99. The molecule has 0 atom stereocenters. The van der Waals surface area contributed by atoms with Crippen molar-refractivity contribution in [3.05, 3.63) is 59.4 Å². The van der Waals surface area contributed by atoms with Crippen molar-refractivity contribution < 1.29 is 13.7 Å². The summed E-state index contributed by atoms with van der Waals surface area (Å²) in [6.45, 7) is 4.63. The van der Waals surface area contributed by atoms with Crippen molar-refractivity contribution in [1.29, 1.82) is 0 Å². The standard InChI is InChI=1S/C21H24N4O3/c1-14-7-8-17(27-14)19-18(20(22)28-24-19)21(26)23-16-9-11-25(12-10-16)13-15-5-3-2-4-6-15/h2-8,16H,9-13,22H2,1H3,(H,23,26). The molecule has 3 N–H and O–H groups in total. The predicted octanol–water partition coefficient (Wildman–Crippen LogP) is 3.22. The minimum absolute atomic E-state index is 0.00284. The predicted molar refractivity (Wildman–Crippen MR) is 106 cm³/mol. The number of rotatable bonds is 5. The molecule has 7 nitrogen and oxygen atoms in total. The van der Waals surface area contributed by atoms with E-state index in [0.29, 0.717) is 11.5 Å². The first kappa shape index (κ1) is 18.3. The van der Waals surface area contributed by atoms with Crippen LogP contribution in [0, 0.1) is 6.92 Å². The molecule has 146 valence electrons. The lowest BCUT2D eigenvalue weighted by Crippen LogP contribution is -2.44. The third-order valence-corrected chi connectivity index (χ3v) is 5.09. The van der Waals surface area contributed by atoms with Crippen molar-refractivity contribution in [3.63, 3.8) is 0 Å². The maximum atomic E-state index is 12.8. The van der Waals surface area contributed by atoms with Gasteiger partial charge in [0.1, 0.15) is 11.3 Å². The summed E-state index contributed by atoms with van der Waals surface area (Å²) in [7, 11) is 0. The summed E-state index contributed by atoms with van der Waals surface area (Å²) in [6.07, 6.45) is 1.78. The van der Waals surface area contributed by atoms with Gasteiger partial charge in [-0.05, 0) is 37.5 Å². The number of hydrogen-bond acceptors (Lipinski definition) is 6. The topological polar surface area (TPSA) is 97.5 Å². The third kappa shape index (κ3) is 3.94. The second-order valence-electron chi connectivity index (χ2n) is 7.19. The van der Waals surface area contributed by atoms with Crippen molar-refractivity contribution in [1.82, 2.24) is 15.4 Å². The Morgan fingerprint density at radius 3 is 2.64 bits per heavy atom. The average Bonchev–Trinajstić information content (AvgIpc) is 3.29. The average molecular weight is 380 g/mol. The van der Waals surface area contributed by atoms with Crippen molar-refractivity contribution >= 4 is 11.8 Å². The molecule has 1 saturated heterocycles. The number of carbonyl (C=O) groups excluding carboxylic acids is 1. The highest BCUT2D eigenvalue weighted by molar-refractivity contribution is 6.03. The summed E-state index contributed by atoms with van der Waals surface area (Å²) in [5.74, 6) is 0.932. The number of nitrogens with one attached hydrogen (secondary N) is 1. The Morgan fingerprint density at radius 1 is 1.21 bits per heavy atom. The van der Waals surface area contributed by atoms with Crippen LogP contribution in [-0.4, -0.2) is 35.1 Å². The lowest BCUT2D eigenvalue weighted by molar-refractivity contribution is 0.0910. The Balaban J connectivity index is 1.37. The number of benzene rings is 1.